The van der Waals surface area contributed by atoms with E-state index in [1.54, 1.807) is 30.3 Å². The second kappa shape index (κ2) is 11.2. The van der Waals surface area contributed by atoms with Crippen molar-refractivity contribution in [1.29, 1.82) is 0 Å². The van der Waals surface area contributed by atoms with Crippen LogP contribution in [-0.2, 0) is 4.79 Å². The number of amides is 3. The normalized spacial score (nSPS) is 14.0. The summed E-state index contributed by atoms with van der Waals surface area (Å²) >= 11 is 11.9. The number of carbonyl (C=O) groups excluding carboxylic acids is 3. The van der Waals surface area contributed by atoms with Crippen LogP contribution in [0.1, 0.15) is 52.8 Å². The summed E-state index contributed by atoms with van der Waals surface area (Å²) in [6.07, 6.45) is 5.32. The summed E-state index contributed by atoms with van der Waals surface area (Å²) in [5.74, 6) is -0.410. The minimum Gasteiger partial charge on any atom is -0.354 e. The van der Waals surface area contributed by atoms with E-state index < -0.39 is 0 Å². The lowest BCUT2D eigenvalue weighted by Crippen LogP contribution is -2.38. The summed E-state index contributed by atoms with van der Waals surface area (Å²) in [5.41, 5.74) is 1.34. The van der Waals surface area contributed by atoms with Crippen molar-refractivity contribution in [1.82, 2.24) is 10.6 Å². The zero-order chi connectivity index (χ0) is 22.2. The maximum absolute atomic E-state index is 12.3. The highest BCUT2D eigenvalue weighted by atomic mass is 35.5. The van der Waals surface area contributed by atoms with Crippen molar-refractivity contribution in [3.63, 3.8) is 0 Å². The molecule has 31 heavy (non-hydrogen) atoms. The molecule has 1 saturated carbocycles. The zero-order valence-electron chi connectivity index (χ0n) is 17.0. The van der Waals surface area contributed by atoms with Gasteiger partial charge in [0.2, 0.25) is 5.91 Å². The molecule has 2 aromatic carbocycles. The summed E-state index contributed by atoms with van der Waals surface area (Å²) in [4.78, 5) is 36.7. The van der Waals surface area contributed by atoms with E-state index in [1.807, 2.05) is 0 Å². The zero-order valence-corrected chi connectivity index (χ0v) is 18.6. The third kappa shape index (κ3) is 6.97. The smallest absolute Gasteiger partial charge is 0.255 e. The Balaban J connectivity index is 1.44. The number of hydrogen-bond donors (Lipinski definition) is 3. The summed E-state index contributed by atoms with van der Waals surface area (Å²) in [5, 5.41) is 9.17. The fraction of sp³-hybridized carbons (Fsp3) is 0.348. The maximum Gasteiger partial charge on any atom is 0.255 e. The molecular weight excluding hydrogens is 437 g/mol. The molecule has 2 aromatic rings. The number of carbonyl (C=O) groups is 3. The van der Waals surface area contributed by atoms with E-state index in [9.17, 15) is 14.4 Å². The van der Waals surface area contributed by atoms with Crippen LogP contribution in [0.2, 0.25) is 10.0 Å². The van der Waals surface area contributed by atoms with Crippen LogP contribution in [0.5, 0.6) is 0 Å². The van der Waals surface area contributed by atoms with Gasteiger partial charge in [0.1, 0.15) is 0 Å². The minimum absolute atomic E-state index is 0.0787. The van der Waals surface area contributed by atoms with Crippen LogP contribution in [0.4, 0.5) is 5.69 Å². The Hall–Kier alpha value is -2.57. The molecule has 1 aliphatic carbocycles. The summed E-state index contributed by atoms with van der Waals surface area (Å²) in [6, 6.07) is 11.1. The van der Waals surface area contributed by atoms with E-state index in [1.165, 1.54) is 18.6 Å². The molecule has 8 heteroatoms. The van der Waals surface area contributed by atoms with Crippen LogP contribution in [0, 0.1) is 5.92 Å². The van der Waals surface area contributed by atoms with Crippen LogP contribution in [-0.4, -0.2) is 30.8 Å². The monoisotopic (exact) mass is 461 g/mol. The van der Waals surface area contributed by atoms with Gasteiger partial charge >= 0.3 is 0 Å². The molecule has 1 aliphatic rings. The number of anilines is 1. The lowest BCUT2D eigenvalue weighted by atomic mass is 9.89. The van der Waals surface area contributed by atoms with Gasteiger partial charge in [0.05, 0.1) is 0 Å². The van der Waals surface area contributed by atoms with Crippen molar-refractivity contribution in [3.05, 3.63) is 63.6 Å². The van der Waals surface area contributed by atoms with Gasteiger partial charge in [-0.25, -0.2) is 0 Å². The Morgan fingerprint density at radius 3 is 2.03 bits per heavy atom. The average molecular weight is 462 g/mol. The molecule has 0 aliphatic heterocycles. The number of nitrogens with one attached hydrogen (secondary N) is 3. The topological polar surface area (TPSA) is 87.3 Å². The first-order valence-electron chi connectivity index (χ1n) is 10.4. The number of rotatable bonds is 7. The van der Waals surface area contributed by atoms with E-state index in [-0.39, 0.29) is 23.6 Å². The van der Waals surface area contributed by atoms with E-state index in [0.29, 0.717) is 39.9 Å². The first-order valence-corrected chi connectivity index (χ1v) is 11.1. The quantitative estimate of drug-likeness (QED) is 0.523. The Morgan fingerprint density at radius 1 is 0.774 bits per heavy atom. The van der Waals surface area contributed by atoms with E-state index >= 15 is 0 Å². The van der Waals surface area contributed by atoms with Gasteiger partial charge in [0.25, 0.3) is 11.8 Å². The van der Waals surface area contributed by atoms with Crippen molar-refractivity contribution >= 4 is 46.6 Å². The van der Waals surface area contributed by atoms with Crippen LogP contribution < -0.4 is 16.0 Å². The fourth-order valence-corrected chi connectivity index (χ4v) is 4.09. The van der Waals surface area contributed by atoms with Gasteiger partial charge in [0.15, 0.2) is 0 Å². The van der Waals surface area contributed by atoms with E-state index in [4.69, 9.17) is 23.2 Å². The van der Waals surface area contributed by atoms with Gasteiger partial charge < -0.3 is 16.0 Å². The Morgan fingerprint density at radius 2 is 1.39 bits per heavy atom. The molecule has 3 amide bonds. The summed E-state index contributed by atoms with van der Waals surface area (Å²) in [7, 11) is 0. The number of hydrogen-bond acceptors (Lipinski definition) is 3. The highest BCUT2D eigenvalue weighted by Gasteiger charge is 2.20. The van der Waals surface area contributed by atoms with Crippen LogP contribution in [0.25, 0.3) is 0 Å². The molecule has 0 saturated heterocycles. The van der Waals surface area contributed by atoms with Gasteiger partial charge in [-0.05, 0) is 55.3 Å². The fourth-order valence-electron chi connectivity index (χ4n) is 3.57. The first kappa shape index (κ1) is 23.1. The molecule has 0 heterocycles. The van der Waals surface area contributed by atoms with E-state index in [0.717, 1.165) is 25.7 Å². The highest BCUT2D eigenvalue weighted by molar-refractivity contribution is 6.35. The van der Waals surface area contributed by atoms with Crippen molar-refractivity contribution in [2.24, 2.45) is 5.92 Å². The third-order valence-corrected chi connectivity index (χ3v) is 5.65. The molecule has 0 radical (unpaired) electrons. The molecule has 0 aromatic heterocycles. The number of benzene rings is 2. The molecular formula is C23H25Cl2N3O3. The first-order chi connectivity index (χ1) is 14.9. The van der Waals surface area contributed by atoms with Crippen molar-refractivity contribution in [2.45, 2.75) is 32.1 Å². The van der Waals surface area contributed by atoms with E-state index in [2.05, 4.69) is 16.0 Å². The Labute approximate surface area is 191 Å². The van der Waals surface area contributed by atoms with Gasteiger partial charge in [0, 0.05) is 45.9 Å². The lowest BCUT2D eigenvalue weighted by molar-refractivity contribution is -0.125. The van der Waals surface area contributed by atoms with Crippen LogP contribution >= 0.6 is 23.2 Å². The van der Waals surface area contributed by atoms with Gasteiger partial charge in [-0.3, -0.25) is 14.4 Å². The molecule has 0 spiro atoms. The van der Waals surface area contributed by atoms with Crippen LogP contribution in [0.3, 0.4) is 0 Å². The average Bonchev–Trinajstić information content (AvgIpc) is 2.77. The van der Waals surface area contributed by atoms with Crippen molar-refractivity contribution in [2.75, 3.05) is 18.4 Å². The molecule has 1 fully saturated rings. The van der Waals surface area contributed by atoms with Crippen molar-refractivity contribution < 1.29 is 14.4 Å². The SMILES string of the molecule is O=C(NCCNC(=O)C1CCCCC1)c1ccc(NC(=O)c2cc(Cl)cc(Cl)c2)cc1. The standard InChI is InChI=1S/C23H25Cl2N3O3/c24-18-12-17(13-19(25)14-18)23(31)28-20-8-6-16(7-9-20)22(30)27-11-10-26-21(29)15-4-2-1-3-5-15/h6-9,12-15H,1-5,10-11H2,(H,26,29)(H,27,30)(H,28,31). The van der Waals surface area contributed by atoms with Gasteiger partial charge in [-0.2, -0.15) is 0 Å². The predicted molar refractivity (Wildman–Crippen MR) is 123 cm³/mol. The third-order valence-electron chi connectivity index (χ3n) is 5.22. The van der Waals surface area contributed by atoms with Crippen molar-refractivity contribution in [3.8, 4) is 0 Å². The van der Waals surface area contributed by atoms with Gasteiger partial charge in [-0.1, -0.05) is 42.5 Å². The lowest BCUT2D eigenvalue weighted by Gasteiger charge is -2.20. The largest absolute Gasteiger partial charge is 0.354 e. The van der Waals surface area contributed by atoms with Gasteiger partial charge in [-0.15, -0.1) is 0 Å². The summed E-state index contributed by atoms with van der Waals surface area (Å²) in [6.45, 7) is 0.753. The predicted octanol–water partition coefficient (Wildman–Crippen LogP) is 4.67. The molecule has 0 atom stereocenters. The molecule has 6 nitrogen and oxygen atoms in total. The molecule has 3 rings (SSSR count). The molecule has 164 valence electrons. The summed E-state index contributed by atoms with van der Waals surface area (Å²) < 4.78 is 0. The highest BCUT2D eigenvalue weighted by Crippen LogP contribution is 2.23. The minimum atomic E-state index is -0.352. The van der Waals surface area contributed by atoms with Crippen LogP contribution in [0.15, 0.2) is 42.5 Å². The second-order valence-electron chi connectivity index (χ2n) is 7.57. The Bertz CT molecular complexity index is 921. The molecule has 3 N–H and O–H groups in total. The number of halogens is 2. The molecule has 0 unspecified atom stereocenters. The molecule has 0 bridgehead atoms. The second-order valence-corrected chi connectivity index (χ2v) is 8.44. The Kier molecular flexibility index (Phi) is 8.32. The maximum atomic E-state index is 12.3.